The summed E-state index contributed by atoms with van der Waals surface area (Å²) in [6.45, 7) is 7.58. The molecule has 1 aromatic rings. The SMILES string of the molecule is CCN(CC)CC(O)CNc1c(NC(C)=O)cccc1[N+](=O)[O-]. The van der Waals surface area contributed by atoms with E-state index in [1.165, 1.54) is 19.1 Å². The van der Waals surface area contributed by atoms with Crippen LogP contribution in [0.2, 0.25) is 0 Å². The molecule has 0 fully saturated rings. The first kappa shape index (κ1) is 18.9. The third-order valence-corrected chi connectivity index (χ3v) is 3.43. The summed E-state index contributed by atoms with van der Waals surface area (Å²) >= 11 is 0. The number of nitrogens with one attached hydrogen (secondary N) is 2. The maximum absolute atomic E-state index is 11.2. The van der Waals surface area contributed by atoms with Gasteiger partial charge in [0.2, 0.25) is 5.91 Å². The van der Waals surface area contributed by atoms with Crippen molar-refractivity contribution in [1.82, 2.24) is 4.90 Å². The topological polar surface area (TPSA) is 108 Å². The Kier molecular flexibility index (Phi) is 7.43. The van der Waals surface area contributed by atoms with Crippen molar-refractivity contribution in [2.45, 2.75) is 26.9 Å². The van der Waals surface area contributed by atoms with Crippen molar-refractivity contribution >= 4 is 23.0 Å². The molecule has 1 atom stereocenters. The van der Waals surface area contributed by atoms with Crippen LogP contribution in [-0.4, -0.2) is 53.1 Å². The molecule has 0 aliphatic rings. The van der Waals surface area contributed by atoms with Crippen LogP contribution >= 0.6 is 0 Å². The van der Waals surface area contributed by atoms with Crippen LogP contribution in [0.5, 0.6) is 0 Å². The zero-order valence-electron chi connectivity index (χ0n) is 13.7. The van der Waals surface area contributed by atoms with Crippen LogP contribution in [0.1, 0.15) is 20.8 Å². The second kappa shape index (κ2) is 9.06. The number of benzene rings is 1. The molecule has 128 valence electrons. The molecule has 0 radical (unpaired) electrons. The third-order valence-electron chi connectivity index (χ3n) is 3.43. The molecule has 23 heavy (non-hydrogen) atoms. The first-order valence-electron chi connectivity index (χ1n) is 7.58. The Hall–Kier alpha value is -2.19. The van der Waals surface area contributed by atoms with Gasteiger partial charge in [0.05, 0.1) is 16.7 Å². The number of amides is 1. The van der Waals surface area contributed by atoms with Crippen LogP contribution in [-0.2, 0) is 4.79 Å². The third kappa shape index (κ3) is 5.84. The first-order valence-corrected chi connectivity index (χ1v) is 7.58. The zero-order valence-corrected chi connectivity index (χ0v) is 13.7. The molecule has 1 amide bonds. The average Bonchev–Trinajstić information content (AvgIpc) is 2.50. The molecule has 1 rings (SSSR count). The van der Waals surface area contributed by atoms with E-state index < -0.39 is 11.0 Å². The number of nitrogens with zero attached hydrogens (tertiary/aromatic N) is 2. The molecule has 0 aliphatic carbocycles. The monoisotopic (exact) mass is 324 g/mol. The number of likely N-dealkylation sites (N-methyl/N-ethyl adjacent to an activating group) is 1. The number of para-hydroxylation sites is 1. The van der Waals surface area contributed by atoms with Crippen LogP contribution in [0.3, 0.4) is 0 Å². The molecule has 0 aliphatic heterocycles. The lowest BCUT2D eigenvalue weighted by Crippen LogP contribution is -2.36. The molecular formula is C15H24N4O4. The summed E-state index contributed by atoms with van der Waals surface area (Å²) in [5.41, 5.74) is 0.374. The molecule has 1 unspecified atom stereocenters. The van der Waals surface area contributed by atoms with E-state index in [0.717, 1.165) is 13.1 Å². The molecule has 3 N–H and O–H groups in total. The maximum Gasteiger partial charge on any atom is 0.294 e. The summed E-state index contributed by atoms with van der Waals surface area (Å²) in [6.07, 6.45) is -0.681. The summed E-state index contributed by atoms with van der Waals surface area (Å²) < 4.78 is 0. The van der Waals surface area contributed by atoms with Crippen LogP contribution < -0.4 is 10.6 Å². The highest BCUT2D eigenvalue weighted by Gasteiger charge is 2.19. The summed E-state index contributed by atoms with van der Waals surface area (Å²) in [6, 6.07) is 4.43. The Morgan fingerprint density at radius 1 is 1.39 bits per heavy atom. The molecule has 1 aromatic carbocycles. The molecular weight excluding hydrogens is 300 g/mol. The van der Waals surface area contributed by atoms with Crippen molar-refractivity contribution in [3.63, 3.8) is 0 Å². The molecule has 0 saturated carbocycles. The van der Waals surface area contributed by atoms with Gasteiger partial charge in [0.1, 0.15) is 5.69 Å². The number of aliphatic hydroxyl groups excluding tert-OH is 1. The Morgan fingerprint density at radius 2 is 2.04 bits per heavy atom. The lowest BCUT2D eigenvalue weighted by atomic mass is 10.2. The van der Waals surface area contributed by atoms with E-state index in [4.69, 9.17) is 0 Å². The molecule has 0 spiro atoms. The van der Waals surface area contributed by atoms with Gasteiger partial charge in [0, 0.05) is 26.1 Å². The molecule has 8 heteroatoms. The Labute approximate surface area is 135 Å². The highest BCUT2D eigenvalue weighted by molar-refractivity contribution is 5.94. The quantitative estimate of drug-likeness (QED) is 0.471. The van der Waals surface area contributed by atoms with Crippen molar-refractivity contribution < 1.29 is 14.8 Å². The maximum atomic E-state index is 11.2. The summed E-state index contributed by atoms with van der Waals surface area (Å²) in [5, 5.41) is 26.7. The highest BCUT2D eigenvalue weighted by Crippen LogP contribution is 2.32. The van der Waals surface area contributed by atoms with Gasteiger partial charge in [0.25, 0.3) is 5.69 Å². The number of anilines is 2. The number of aliphatic hydroxyl groups is 1. The Balaban J connectivity index is 2.88. The number of carbonyl (C=O) groups excluding carboxylic acids is 1. The first-order chi connectivity index (χ1) is 10.9. The van der Waals surface area contributed by atoms with E-state index >= 15 is 0 Å². The van der Waals surface area contributed by atoms with Gasteiger partial charge in [-0.05, 0) is 19.2 Å². The van der Waals surface area contributed by atoms with Gasteiger partial charge >= 0.3 is 0 Å². The van der Waals surface area contributed by atoms with E-state index in [0.29, 0.717) is 12.2 Å². The lowest BCUT2D eigenvalue weighted by molar-refractivity contribution is -0.383. The fourth-order valence-corrected chi connectivity index (χ4v) is 2.24. The van der Waals surface area contributed by atoms with E-state index in [9.17, 15) is 20.0 Å². The Bertz CT molecular complexity index is 546. The van der Waals surface area contributed by atoms with Crippen molar-refractivity contribution in [3.8, 4) is 0 Å². The molecule has 0 bridgehead atoms. The van der Waals surface area contributed by atoms with Gasteiger partial charge in [-0.25, -0.2) is 0 Å². The number of hydrogen-bond donors (Lipinski definition) is 3. The van der Waals surface area contributed by atoms with Gasteiger partial charge < -0.3 is 20.6 Å². The predicted molar refractivity (Wildman–Crippen MR) is 89.7 cm³/mol. The van der Waals surface area contributed by atoms with Crippen molar-refractivity contribution in [3.05, 3.63) is 28.3 Å². The van der Waals surface area contributed by atoms with E-state index in [1.54, 1.807) is 6.07 Å². The Morgan fingerprint density at radius 3 is 2.57 bits per heavy atom. The van der Waals surface area contributed by atoms with E-state index in [2.05, 4.69) is 15.5 Å². The fraction of sp³-hybridized carbons (Fsp3) is 0.533. The van der Waals surface area contributed by atoms with Crippen molar-refractivity contribution in [1.29, 1.82) is 0 Å². The van der Waals surface area contributed by atoms with Crippen molar-refractivity contribution in [2.24, 2.45) is 0 Å². The summed E-state index contributed by atoms with van der Waals surface area (Å²) in [4.78, 5) is 23.9. The number of nitro groups is 1. The number of rotatable bonds is 9. The van der Waals surface area contributed by atoms with Gasteiger partial charge in [-0.2, -0.15) is 0 Å². The van der Waals surface area contributed by atoms with Gasteiger partial charge in [-0.3, -0.25) is 14.9 Å². The number of carbonyl (C=O) groups is 1. The van der Waals surface area contributed by atoms with Crippen LogP contribution in [0.4, 0.5) is 17.1 Å². The van der Waals surface area contributed by atoms with Gasteiger partial charge in [-0.1, -0.05) is 19.9 Å². The molecule has 0 heterocycles. The largest absolute Gasteiger partial charge is 0.390 e. The summed E-state index contributed by atoms with van der Waals surface area (Å²) in [7, 11) is 0. The van der Waals surface area contributed by atoms with E-state index in [1.807, 2.05) is 13.8 Å². The minimum Gasteiger partial charge on any atom is -0.390 e. The molecule has 0 aromatic heterocycles. The number of hydrogen-bond acceptors (Lipinski definition) is 6. The van der Waals surface area contributed by atoms with Gasteiger partial charge in [-0.15, -0.1) is 0 Å². The fourth-order valence-electron chi connectivity index (χ4n) is 2.24. The lowest BCUT2D eigenvalue weighted by Gasteiger charge is -2.22. The van der Waals surface area contributed by atoms with Crippen LogP contribution in [0.25, 0.3) is 0 Å². The minimum atomic E-state index is -0.681. The zero-order chi connectivity index (χ0) is 17.4. The van der Waals surface area contributed by atoms with E-state index in [-0.39, 0.29) is 23.8 Å². The standard InChI is InChI=1S/C15H24N4O4/c1-4-18(5-2)10-12(21)9-16-15-13(17-11(3)20)7-6-8-14(15)19(22)23/h6-8,12,16,21H,4-5,9-10H2,1-3H3,(H,17,20). The smallest absolute Gasteiger partial charge is 0.294 e. The minimum absolute atomic E-state index is 0.147. The van der Waals surface area contributed by atoms with Crippen LogP contribution in [0.15, 0.2) is 18.2 Å². The number of nitro benzene ring substituents is 1. The van der Waals surface area contributed by atoms with Gasteiger partial charge in [0.15, 0.2) is 0 Å². The van der Waals surface area contributed by atoms with Crippen molar-refractivity contribution in [2.75, 3.05) is 36.8 Å². The highest BCUT2D eigenvalue weighted by atomic mass is 16.6. The predicted octanol–water partition coefficient (Wildman–Crippen LogP) is 1.67. The molecule has 0 saturated heterocycles. The normalized spacial score (nSPS) is 12.0. The second-order valence-corrected chi connectivity index (χ2v) is 5.16. The second-order valence-electron chi connectivity index (χ2n) is 5.16. The van der Waals surface area contributed by atoms with Crippen LogP contribution in [0, 0.1) is 10.1 Å². The summed E-state index contributed by atoms with van der Waals surface area (Å²) in [5.74, 6) is -0.322. The molecule has 8 nitrogen and oxygen atoms in total. The average molecular weight is 324 g/mol.